The van der Waals surface area contributed by atoms with Crippen molar-refractivity contribution >= 4 is 28.4 Å². The Balaban J connectivity index is 1.36. The average molecular weight is 441 g/mol. The molecule has 0 aliphatic carbocycles. The zero-order chi connectivity index (χ0) is 22.8. The fraction of sp³-hybridized carbons (Fsp3) is 0.250. The quantitative estimate of drug-likeness (QED) is 0.517. The van der Waals surface area contributed by atoms with E-state index in [0.29, 0.717) is 17.2 Å². The van der Waals surface area contributed by atoms with E-state index in [1.165, 1.54) is 0 Å². The van der Waals surface area contributed by atoms with Crippen molar-refractivity contribution in [2.75, 3.05) is 43.4 Å². The number of piperazine rings is 1. The lowest BCUT2D eigenvalue weighted by Crippen LogP contribution is -2.44. The molecule has 0 bridgehead atoms. The fourth-order valence-electron chi connectivity index (χ4n) is 3.73. The summed E-state index contributed by atoms with van der Waals surface area (Å²) in [6, 6.07) is 9.17. The minimum atomic E-state index is -0.234. The first-order valence-electron chi connectivity index (χ1n) is 10.8. The fourth-order valence-corrected chi connectivity index (χ4v) is 3.73. The van der Waals surface area contributed by atoms with Crippen LogP contribution in [0.1, 0.15) is 16.2 Å². The molecular formula is C24H24N8O. The highest BCUT2D eigenvalue weighted by atomic mass is 16.1. The summed E-state index contributed by atoms with van der Waals surface area (Å²) < 4.78 is 0. The lowest BCUT2D eigenvalue weighted by Gasteiger charge is -2.33. The first kappa shape index (κ1) is 20.9. The lowest BCUT2D eigenvalue weighted by atomic mass is 10.2. The van der Waals surface area contributed by atoms with Gasteiger partial charge in [-0.25, -0.2) is 24.9 Å². The average Bonchev–Trinajstić information content (AvgIpc) is 2.84. The number of hydrogen-bond donors (Lipinski definition) is 1. The highest BCUT2D eigenvalue weighted by Crippen LogP contribution is 2.22. The van der Waals surface area contributed by atoms with Crippen molar-refractivity contribution in [1.82, 2.24) is 29.8 Å². The Morgan fingerprint density at radius 1 is 0.939 bits per heavy atom. The predicted octanol–water partition coefficient (Wildman–Crippen LogP) is 2.79. The van der Waals surface area contributed by atoms with Crippen LogP contribution in [0, 0.1) is 6.92 Å². The normalized spacial score (nSPS) is 14.4. The molecule has 0 saturated carbocycles. The van der Waals surface area contributed by atoms with Crippen molar-refractivity contribution in [2.24, 2.45) is 0 Å². The smallest absolute Gasteiger partial charge is 0.257 e. The van der Waals surface area contributed by atoms with Crippen molar-refractivity contribution in [1.29, 1.82) is 0 Å². The van der Waals surface area contributed by atoms with Crippen LogP contribution in [-0.4, -0.2) is 69.0 Å². The zero-order valence-electron chi connectivity index (χ0n) is 18.6. The number of pyridine rings is 3. The van der Waals surface area contributed by atoms with Gasteiger partial charge in [-0.2, -0.15) is 0 Å². The highest BCUT2D eigenvalue weighted by molar-refractivity contribution is 6.04. The number of rotatable bonds is 4. The summed E-state index contributed by atoms with van der Waals surface area (Å²) in [5, 5.41) is 3.77. The van der Waals surface area contributed by atoms with Crippen LogP contribution in [0.4, 0.5) is 11.6 Å². The molecule has 5 rings (SSSR count). The number of fused-ring (bicyclic) bond motifs is 1. The highest BCUT2D eigenvalue weighted by Gasteiger charge is 2.17. The van der Waals surface area contributed by atoms with Crippen molar-refractivity contribution in [2.45, 2.75) is 6.92 Å². The van der Waals surface area contributed by atoms with Gasteiger partial charge in [0.2, 0.25) is 0 Å². The Hall–Kier alpha value is -3.98. The van der Waals surface area contributed by atoms with Crippen LogP contribution in [-0.2, 0) is 0 Å². The number of carbonyl (C=O) groups excluding carboxylic acids is 1. The molecule has 9 nitrogen and oxygen atoms in total. The van der Waals surface area contributed by atoms with Crippen LogP contribution in [0.15, 0.2) is 55.1 Å². The van der Waals surface area contributed by atoms with Crippen molar-refractivity contribution in [3.05, 3.63) is 66.5 Å². The second-order valence-electron chi connectivity index (χ2n) is 8.12. The number of nitrogens with zero attached hydrogens (tertiary/aromatic N) is 7. The molecule has 1 aliphatic rings. The summed E-state index contributed by atoms with van der Waals surface area (Å²) in [7, 11) is 2.11. The van der Waals surface area contributed by atoms with Crippen LogP contribution >= 0.6 is 0 Å². The second-order valence-corrected chi connectivity index (χ2v) is 8.12. The minimum absolute atomic E-state index is 0.234. The summed E-state index contributed by atoms with van der Waals surface area (Å²) in [4.78, 5) is 39.4. The Kier molecular flexibility index (Phi) is 5.62. The Labute approximate surface area is 191 Å². The van der Waals surface area contributed by atoms with E-state index < -0.39 is 0 Å². The number of anilines is 2. The summed E-state index contributed by atoms with van der Waals surface area (Å²) in [6.07, 6.45) is 6.88. The van der Waals surface area contributed by atoms with Gasteiger partial charge >= 0.3 is 0 Å². The van der Waals surface area contributed by atoms with Gasteiger partial charge in [0, 0.05) is 73.5 Å². The number of nitrogens with one attached hydrogen (secondary N) is 1. The standard InChI is InChI=1S/C24H24N8O/c1-16-26-14-19(15-27-16)20-4-3-18-13-28-22(12-21(18)29-20)30-24(33)17-5-6-25-23(11-17)32-9-7-31(2)8-10-32/h3-6,11-15H,7-10H2,1-2H3,(H,28,30,33). The van der Waals surface area contributed by atoms with E-state index in [1.807, 2.05) is 25.1 Å². The molecule has 4 aromatic rings. The molecule has 1 amide bonds. The summed E-state index contributed by atoms with van der Waals surface area (Å²) >= 11 is 0. The van der Waals surface area contributed by atoms with E-state index in [4.69, 9.17) is 4.98 Å². The van der Waals surface area contributed by atoms with Crippen LogP contribution in [0.5, 0.6) is 0 Å². The Morgan fingerprint density at radius 3 is 2.52 bits per heavy atom. The Morgan fingerprint density at radius 2 is 1.73 bits per heavy atom. The van der Waals surface area contributed by atoms with Crippen LogP contribution < -0.4 is 10.2 Å². The molecule has 1 aliphatic heterocycles. The largest absolute Gasteiger partial charge is 0.354 e. The van der Waals surface area contributed by atoms with Gasteiger partial charge in [0.1, 0.15) is 17.5 Å². The van der Waals surface area contributed by atoms with E-state index in [2.05, 4.69) is 42.1 Å². The molecule has 9 heteroatoms. The molecule has 1 saturated heterocycles. The van der Waals surface area contributed by atoms with Crippen molar-refractivity contribution < 1.29 is 4.79 Å². The molecule has 0 unspecified atom stereocenters. The number of aryl methyl sites for hydroxylation is 1. The number of amides is 1. The third-order valence-electron chi connectivity index (χ3n) is 5.73. The van der Waals surface area contributed by atoms with Crippen LogP contribution in [0.3, 0.4) is 0 Å². The van der Waals surface area contributed by atoms with E-state index in [0.717, 1.165) is 54.2 Å². The van der Waals surface area contributed by atoms with Gasteiger partial charge in [-0.05, 0) is 38.2 Å². The van der Waals surface area contributed by atoms with E-state index >= 15 is 0 Å². The molecule has 0 spiro atoms. The monoisotopic (exact) mass is 440 g/mol. The van der Waals surface area contributed by atoms with Gasteiger partial charge in [-0.3, -0.25) is 4.79 Å². The summed E-state index contributed by atoms with van der Waals surface area (Å²) in [6.45, 7) is 5.57. The topological polar surface area (TPSA) is 100 Å². The first-order valence-corrected chi connectivity index (χ1v) is 10.8. The molecule has 0 radical (unpaired) electrons. The van der Waals surface area contributed by atoms with E-state index in [1.54, 1.807) is 36.9 Å². The van der Waals surface area contributed by atoms with Gasteiger partial charge in [-0.1, -0.05) is 0 Å². The van der Waals surface area contributed by atoms with Gasteiger partial charge in [0.25, 0.3) is 5.91 Å². The van der Waals surface area contributed by atoms with Gasteiger partial charge in [-0.15, -0.1) is 0 Å². The zero-order valence-corrected chi connectivity index (χ0v) is 18.6. The maximum Gasteiger partial charge on any atom is 0.257 e. The molecule has 5 heterocycles. The van der Waals surface area contributed by atoms with E-state index in [-0.39, 0.29) is 5.91 Å². The predicted molar refractivity (Wildman–Crippen MR) is 127 cm³/mol. The van der Waals surface area contributed by atoms with Gasteiger partial charge < -0.3 is 15.1 Å². The van der Waals surface area contributed by atoms with Gasteiger partial charge in [0.05, 0.1) is 11.2 Å². The summed E-state index contributed by atoms with van der Waals surface area (Å²) in [5.41, 5.74) is 2.86. The SMILES string of the molecule is Cc1ncc(-c2ccc3cnc(NC(=O)c4ccnc(N5CCN(C)CC5)c4)cc3n2)cn1. The molecule has 166 valence electrons. The molecule has 1 N–H and O–H groups in total. The molecule has 4 aromatic heterocycles. The van der Waals surface area contributed by atoms with Gasteiger partial charge in [0.15, 0.2) is 0 Å². The second kappa shape index (κ2) is 8.87. The third-order valence-corrected chi connectivity index (χ3v) is 5.73. The van der Waals surface area contributed by atoms with Crippen LogP contribution in [0.25, 0.3) is 22.2 Å². The molecule has 1 fully saturated rings. The number of likely N-dealkylation sites (N-methyl/N-ethyl adjacent to an activating group) is 1. The summed E-state index contributed by atoms with van der Waals surface area (Å²) in [5.74, 6) is 1.73. The lowest BCUT2D eigenvalue weighted by molar-refractivity contribution is 0.102. The number of aromatic nitrogens is 5. The van der Waals surface area contributed by atoms with E-state index in [9.17, 15) is 4.79 Å². The van der Waals surface area contributed by atoms with Crippen molar-refractivity contribution in [3.8, 4) is 11.3 Å². The number of carbonyl (C=O) groups is 1. The van der Waals surface area contributed by atoms with Crippen LogP contribution in [0.2, 0.25) is 0 Å². The van der Waals surface area contributed by atoms with Crippen molar-refractivity contribution in [3.63, 3.8) is 0 Å². The first-order chi connectivity index (χ1) is 16.0. The molecule has 0 atom stereocenters. The molecule has 33 heavy (non-hydrogen) atoms. The maximum atomic E-state index is 12.9. The Bertz CT molecular complexity index is 1300. The number of hydrogen-bond acceptors (Lipinski definition) is 8. The maximum absolute atomic E-state index is 12.9. The third kappa shape index (κ3) is 4.63. The molecular weight excluding hydrogens is 416 g/mol. The molecule has 0 aromatic carbocycles. The minimum Gasteiger partial charge on any atom is -0.354 e.